The summed E-state index contributed by atoms with van der Waals surface area (Å²) in [4.78, 5) is 37.3. The number of ketones is 1. The first kappa shape index (κ1) is 37.1. The summed E-state index contributed by atoms with van der Waals surface area (Å²) < 4.78 is 12.0. The lowest BCUT2D eigenvalue weighted by Crippen LogP contribution is -2.62. The molecule has 0 aliphatic carbocycles. The van der Waals surface area contributed by atoms with Crippen LogP contribution in [-0.2, 0) is 28.7 Å². The van der Waals surface area contributed by atoms with E-state index >= 15 is 0 Å². The molecule has 0 aromatic rings. The molecule has 2 aliphatic rings. The Morgan fingerprint density at radius 1 is 0.619 bits per heavy atom. The van der Waals surface area contributed by atoms with Crippen molar-refractivity contribution in [3.63, 3.8) is 0 Å². The highest BCUT2D eigenvalue weighted by Crippen LogP contribution is 2.41. The van der Waals surface area contributed by atoms with Crippen LogP contribution in [0.2, 0.25) is 0 Å². The molecule has 0 N–H and O–H groups in total. The molecule has 0 atom stereocenters. The van der Waals surface area contributed by atoms with Gasteiger partial charge in [-0.25, -0.2) is 4.79 Å². The molecule has 0 saturated carbocycles. The minimum Gasteiger partial charge on any atom is -0.456 e. The quantitative estimate of drug-likeness (QED) is 0.103. The lowest BCUT2D eigenvalue weighted by Gasteiger charge is -2.54. The number of hydroxylamine groups is 4. The largest absolute Gasteiger partial charge is 0.456 e. The van der Waals surface area contributed by atoms with Crippen molar-refractivity contribution in [3.05, 3.63) is 0 Å². The summed E-state index contributed by atoms with van der Waals surface area (Å²) >= 11 is 0. The normalized spacial score (nSPS) is 23.0. The van der Waals surface area contributed by atoms with Crippen molar-refractivity contribution in [2.45, 2.75) is 200 Å². The van der Waals surface area contributed by atoms with Gasteiger partial charge in [-0.1, -0.05) is 25.7 Å². The second kappa shape index (κ2) is 15.3. The van der Waals surface area contributed by atoms with Crippen LogP contribution in [0.1, 0.15) is 154 Å². The van der Waals surface area contributed by atoms with Gasteiger partial charge in [0.1, 0.15) is 6.10 Å². The minimum atomic E-state index is -0.685. The van der Waals surface area contributed by atoms with Gasteiger partial charge in [-0.2, -0.15) is 10.1 Å². The minimum absolute atomic E-state index is 0.0662. The Morgan fingerprint density at radius 2 is 1.00 bits per heavy atom. The number of Topliss-reactive ketones (excluding diaryl/α,β-unsaturated/α-hetero) is 1. The lowest BCUT2D eigenvalue weighted by atomic mass is 9.80. The van der Waals surface area contributed by atoms with Crippen LogP contribution >= 0.6 is 0 Å². The maximum atomic E-state index is 12.6. The third-order valence-electron chi connectivity index (χ3n) is 8.39. The molecule has 2 aliphatic heterocycles. The average Bonchev–Trinajstić information content (AvgIpc) is 2.81. The van der Waals surface area contributed by atoms with Crippen molar-refractivity contribution in [2.24, 2.45) is 0 Å². The van der Waals surface area contributed by atoms with Crippen LogP contribution in [0.15, 0.2) is 0 Å². The summed E-state index contributed by atoms with van der Waals surface area (Å²) in [6.07, 6.45) is 9.62. The van der Waals surface area contributed by atoms with Crippen molar-refractivity contribution in [1.82, 2.24) is 10.1 Å². The third-order valence-corrected chi connectivity index (χ3v) is 8.39. The maximum Gasteiger partial charge on any atom is 0.374 e. The zero-order chi connectivity index (χ0) is 31.9. The Bertz CT molecular complexity index is 830. The second-order valence-electron chi connectivity index (χ2n) is 15.8. The zero-order valence-electron chi connectivity index (χ0n) is 29.1. The number of esters is 1. The van der Waals surface area contributed by atoms with E-state index in [0.717, 1.165) is 58.0 Å². The number of piperidine rings is 2. The maximum absolute atomic E-state index is 12.6. The van der Waals surface area contributed by atoms with Gasteiger partial charge >= 0.3 is 5.97 Å². The van der Waals surface area contributed by atoms with E-state index < -0.39 is 11.8 Å². The number of hydrogen-bond donors (Lipinski definition) is 0. The predicted molar refractivity (Wildman–Crippen MR) is 168 cm³/mol. The van der Waals surface area contributed by atoms with E-state index in [2.05, 4.69) is 74.3 Å². The van der Waals surface area contributed by atoms with Crippen molar-refractivity contribution >= 4 is 11.8 Å². The number of carbonyl (C=O) groups excluding carboxylic acids is 2. The number of ether oxygens (including phenoxy) is 2. The lowest BCUT2D eigenvalue weighted by molar-refractivity contribution is -0.310. The van der Waals surface area contributed by atoms with Crippen LogP contribution in [0.25, 0.3) is 0 Å². The fraction of sp³-hybridized carbons (Fsp3) is 0.941. The molecule has 0 bridgehead atoms. The van der Waals surface area contributed by atoms with E-state index in [9.17, 15) is 9.59 Å². The molecule has 246 valence electrons. The van der Waals surface area contributed by atoms with Crippen LogP contribution in [0, 0.1) is 0 Å². The Morgan fingerprint density at radius 3 is 1.43 bits per heavy atom. The molecule has 0 spiro atoms. The van der Waals surface area contributed by atoms with Crippen LogP contribution in [0.4, 0.5) is 0 Å². The molecular formula is C34H64N2O6. The van der Waals surface area contributed by atoms with Crippen molar-refractivity contribution < 1.29 is 28.7 Å². The highest BCUT2D eigenvalue weighted by Gasteiger charge is 2.49. The summed E-state index contributed by atoms with van der Waals surface area (Å²) in [5.41, 5.74) is -0.766. The Kier molecular flexibility index (Phi) is 13.5. The fourth-order valence-electron chi connectivity index (χ4n) is 7.20. The van der Waals surface area contributed by atoms with E-state index in [4.69, 9.17) is 19.1 Å². The van der Waals surface area contributed by atoms with Crippen LogP contribution in [0.5, 0.6) is 0 Å². The van der Waals surface area contributed by atoms with Crippen LogP contribution < -0.4 is 0 Å². The van der Waals surface area contributed by atoms with Gasteiger partial charge in [-0.3, -0.25) is 14.5 Å². The molecule has 0 aromatic carbocycles. The van der Waals surface area contributed by atoms with Crippen molar-refractivity contribution in [3.8, 4) is 0 Å². The third kappa shape index (κ3) is 11.1. The van der Waals surface area contributed by atoms with Gasteiger partial charge < -0.3 is 9.47 Å². The molecular weight excluding hydrogens is 532 g/mol. The van der Waals surface area contributed by atoms with Crippen molar-refractivity contribution in [1.29, 1.82) is 0 Å². The first-order chi connectivity index (χ1) is 19.3. The predicted octanol–water partition coefficient (Wildman–Crippen LogP) is 7.57. The van der Waals surface area contributed by atoms with Gasteiger partial charge in [0.15, 0.2) is 0 Å². The monoisotopic (exact) mass is 596 g/mol. The van der Waals surface area contributed by atoms with Gasteiger partial charge in [0.2, 0.25) is 5.78 Å². The number of hydrogen-bond acceptors (Lipinski definition) is 8. The molecule has 2 rings (SSSR count). The summed E-state index contributed by atoms with van der Waals surface area (Å²) in [5, 5.41) is 4.22. The van der Waals surface area contributed by atoms with E-state index in [1.165, 1.54) is 0 Å². The molecule has 8 nitrogen and oxygen atoms in total. The molecule has 0 aromatic heterocycles. The van der Waals surface area contributed by atoms with E-state index in [1.54, 1.807) is 0 Å². The fourth-order valence-corrected chi connectivity index (χ4v) is 7.20. The molecule has 2 heterocycles. The summed E-state index contributed by atoms with van der Waals surface area (Å²) in [6, 6.07) is 0. The topological polar surface area (TPSA) is 77.5 Å². The van der Waals surface area contributed by atoms with Gasteiger partial charge in [0, 0.05) is 48.0 Å². The zero-order valence-corrected chi connectivity index (χ0v) is 29.1. The van der Waals surface area contributed by atoms with E-state index in [-0.39, 0.29) is 53.0 Å². The standard InChI is InChI=1S/C34H64N2O6/c1-25(2)41-35-31(5,6)21-27(22-32(35,7)8)39-20-18-16-14-13-15-17-19-29(37)30(38)40-28-23-33(9,10)36(42-26(3)4)34(11,12)24-28/h25-28H,13-24H2,1-12H3. The first-order valence-corrected chi connectivity index (χ1v) is 16.6. The highest BCUT2D eigenvalue weighted by molar-refractivity contribution is 6.33. The smallest absolute Gasteiger partial charge is 0.374 e. The highest BCUT2D eigenvalue weighted by atomic mass is 16.7. The first-order valence-electron chi connectivity index (χ1n) is 16.6. The van der Waals surface area contributed by atoms with Gasteiger partial charge in [-0.15, -0.1) is 0 Å². The van der Waals surface area contributed by atoms with E-state index in [0.29, 0.717) is 12.8 Å². The number of carbonyl (C=O) groups is 2. The molecule has 2 saturated heterocycles. The average molecular weight is 597 g/mol. The summed E-state index contributed by atoms with van der Waals surface area (Å²) in [7, 11) is 0. The Balaban J connectivity index is 1.61. The number of unbranched alkanes of at least 4 members (excludes halogenated alkanes) is 5. The summed E-state index contributed by atoms with van der Waals surface area (Å²) in [6.45, 7) is 26.3. The molecule has 42 heavy (non-hydrogen) atoms. The number of rotatable bonds is 16. The van der Waals surface area contributed by atoms with Gasteiger partial charge in [0.05, 0.1) is 18.3 Å². The van der Waals surface area contributed by atoms with Crippen LogP contribution in [-0.4, -0.2) is 75.1 Å². The van der Waals surface area contributed by atoms with Gasteiger partial charge in [0.25, 0.3) is 0 Å². The van der Waals surface area contributed by atoms with E-state index in [1.807, 2.05) is 18.9 Å². The molecule has 8 heteroatoms. The second-order valence-corrected chi connectivity index (χ2v) is 15.8. The molecule has 0 radical (unpaired) electrons. The molecule has 0 unspecified atom stereocenters. The Labute approximate surface area is 257 Å². The number of nitrogens with zero attached hydrogens (tertiary/aromatic N) is 2. The SMILES string of the molecule is CC(C)ON1C(C)(C)CC(OCCCCCCCCC(=O)C(=O)OC2CC(C)(C)N(OC(C)C)C(C)(C)C2)CC1(C)C. The molecule has 2 fully saturated rings. The Hall–Kier alpha value is -1.06. The summed E-state index contributed by atoms with van der Waals surface area (Å²) in [5.74, 6) is -1.09. The van der Waals surface area contributed by atoms with Crippen LogP contribution in [0.3, 0.4) is 0 Å². The van der Waals surface area contributed by atoms with Gasteiger partial charge in [-0.05, 0) is 109 Å². The molecule has 0 amide bonds. The van der Waals surface area contributed by atoms with Crippen molar-refractivity contribution in [2.75, 3.05) is 6.61 Å².